The van der Waals surface area contributed by atoms with E-state index in [9.17, 15) is 19.0 Å². The third-order valence-corrected chi connectivity index (χ3v) is 18.9. The average molecular weight is 1300 g/mol. The van der Waals surface area contributed by atoms with Crippen molar-refractivity contribution in [2.45, 2.75) is 405 Å². The summed E-state index contributed by atoms with van der Waals surface area (Å²) in [5, 5.41) is 3.06. The van der Waals surface area contributed by atoms with Crippen LogP contribution >= 0.6 is 7.82 Å². The molecule has 0 aromatic carbocycles. The largest absolute Gasteiger partial charge is 0.756 e. The molecule has 3 atom stereocenters. The van der Waals surface area contributed by atoms with E-state index in [2.05, 4.69) is 74.7 Å². The van der Waals surface area contributed by atoms with E-state index in [4.69, 9.17) is 13.8 Å². The zero-order valence-corrected chi connectivity index (χ0v) is 62.2. The quantitative estimate of drug-likeness (QED) is 0.0212. The van der Waals surface area contributed by atoms with Crippen LogP contribution in [0.2, 0.25) is 0 Å². The molecule has 1 amide bonds. The molecule has 0 aliphatic rings. The number of hydrogen-bond acceptors (Lipinski definition) is 7. The standard InChI is InChI=1S/C81H153N2O7P/c1-7-10-13-16-19-22-25-27-29-31-33-35-37-39-41-43-45-47-49-51-53-55-58-61-64-67-70-73-80(84)82-78(77-89-91(86,87)88-76-75-83(4,5)6)79(72-69-66-63-60-57-24-21-18-15-12-9-3)90-81(85)74-71-68-65-62-59-56-54-52-50-48-46-44-42-40-38-36-34-32-30-28-26-23-20-17-14-11-8-2/h19-20,22-23,27-30,69,72,78-79H,7-18,21,24-26,31-68,70-71,73-77H2,1-6H3,(H-,82,84,86,87)/b22-19-,23-20-,29-27-,30-28-,72-69+. The minimum absolute atomic E-state index is 0.0206. The highest BCUT2D eigenvalue weighted by Gasteiger charge is 2.27. The van der Waals surface area contributed by atoms with Crippen LogP contribution in [-0.4, -0.2) is 69.4 Å². The van der Waals surface area contributed by atoms with E-state index in [1.807, 2.05) is 33.3 Å². The highest BCUT2D eigenvalue weighted by atomic mass is 31.2. The van der Waals surface area contributed by atoms with Crippen LogP contribution < -0.4 is 10.2 Å². The molecule has 3 unspecified atom stereocenters. The van der Waals surface area contributed by atoms with E-state index in [-0.39, 0.29) is 31.5 Å². The van der Waals surface area contributed by atoms with Gasteiger partial charge >= 0.3 is 5.97 Å². The van der Waals surface area contributed by atoms with Crippen molar-refractivity contribution in [2.24, 2.45) is 0 Å². The Morgan fingerprint density at radius 2 is 0.670 bits per heavy atom. The number of hydrogen-bond donors (Lipinski definition) is 1. The van der Waals surface area contributed by atoms with E-state index in [1.54, 1.807) is 0 Å². The first-order valence-electron chi connectivity index (χ1n) is 39.6. The minimum Gasteiger partial charge on any atom is -0.756 e. The summed E-state index contributed by atoms with van der Waals surface area (Å²) in [4.78, 5) is 40.3. The normalized spacial score (nSPS) is 13.7. The van der Waals surface area contributed by atoms with Crippen LogP contribution in [0.25, 0.3) is 0 Å². The highest BCUT2D eigenvalue weighted by Crippen LogP contribution is 2.38. The maximum absolute atomic E-state index is 13.6. The van der Waals surface area contributed by atoms with Crippen LogP contribution in [-0.2, 0) is 27.9 Å². The molecule has 0 heterocycles. The molecule has 0 saturated heterocycles. The molecule has 0 spiro atoms. The van der Waals surface area contributed by atoms with Gasteiger partial charge in [0.25, 0.3) is 7.82 Å². The van der Waals surface area contributed by atoms with Crippen LogP contribution in [0.5, 0.6) is 0 Å². The van der Waals surface area contributed by atoms with Gasteiger partial charge in [-0.25, -0.2) is 0 Å². The second kappa shape index (κ2) is 70.5. The molecule has 0 rings (SSSR count). The number of phosphoric ester groups is 1. The predicted octanol–water partition coefficient (Wildman–Crippen LogP) is 25.1. The lowest BCUT2D eigenvalue weighted by Crippen LogP contribution is -2.47. The van der Waals surface area contributed by atoms with Gasteiger partial charge in [-0.05, 0) is 96.0 Å². The molecule has 91 heavy (non-hydrogen) atoms. The Kier molecular flexibility index (Phi) is 68.7. The topological polar surface area (TPSA) is 114 Å². The SMILES string of the molecule is CCCCC/C=C\C/C=C\CCCCCCCCCCCCCCCCCCCC(=O)NC(COP(=O)([O-])OCC[N+](C)(C)C)C(/C=C/CCCCCCCCCCC)OC(=O)CCCCCCCCCCCCCCCCCCC/C=C\C/C=C\CCCCC. The maximum Gasteiger partial charge on any atom is 0.306 e. The second-order valence-corrected chi connectivity index (χ2v) is 29.6. The van der Waals surface area contributed by atoms with Gasteiger partial charge in [0.1, 0.15) is 19.3 Å². The first-order chi connectivity index (χ1) is 44.4. The fourth-order valence-corrected chi connectivity index (χ4v) is 12.5. The van der Waals surface area contributed by atoms with Crippen LogP contribution in [0, 0.1) is 0 Å². The summed E-state index contributed by atoms with van der Waals surface area (Å²) in [6.07, 6.45) is 92.3. The Labute approximate surface area is 566 Å². The molecule has 0 aromatic rings. The van der Waals surface area contributed by atoms with Gasteiger partial charge in [0, 0.05) is 12.8 Å². The maximum atomic E-state index is 13.6. The van der Waals surface area contributed by atoms with Gasteiger partial charge in [0.2, 0.25) is 5.91 Å². The monoisotopic (exact) mass is 1300 g/mol. The number of amides is 1. The molecule has 534 valence electrons. The smallest absolute Gasteiger partial charge is 0.306 e. The van der Waals surface area contributed by atoms with Crippen LogP contribution in [0.15, 0.2) is 60.8 Å². The summed E-state index contributed by atoms with van der Waals surface area (Å²) < 4.78 is 30.5. The third-order valence-electron chi connectivity index (χ3n) is 17.9. The van der Waals surface area contributed by atoms with Crippen molar-refractivity contribution in [3.05, 3.63) is 60.8 Å². The van der Waals surface area contributed by atoms with Crippen LogP contribution in [0.1, 0.15) is 393 Å². The summed E-state index contributed by atoms with van der Waals surface area (Å²) in [6.45, 7) is 6.85. The molecule has 9 nitrogen and oxygen atoms in total. The van der Waals surface area contributed by atoms with E-state index in [0.29, 0.717) is 17.4 Å². The summed E-state index contributed by atoms with van der Waals surface area (Å²) in [6, 6.07) is -0.888. The Balaban J connectivity index is 4.85. The van der Waals surface area contributed by atoms with Crippen LogP contribution in [0.4, 0.5) is 0 Å². The number of likely N-dealkylation sites (N-methyl/N-ethyl adjacent to an activating group) is 1. The zero-order valence-electron chi connectivity index (χ0n) is 61.3. The fourth-order valence-electron chi connectivity index (χ4n) is 11.8. The van der Waals surface area contributed by atoms with Crippen molar-refractivity contribution in [3.8, 4) is 0 Å². The number of carbonyl (C=O) groups is 2. The van der Waals surface area contributed by atoms with E-state index in [0.717, 1.165) is 70.6 Å². The van der Waals surface area contributed by atoms with Crippen molar-refractivity contribution in [3.63, 3.8) is 0 Å². The van der Waals surface area contributed by atoms with E-state index < -0.39 is 20.0 Å². The number of esters is 1. The van der Waals surface area contributed by atoms with Crippen molar-refractivity contribution < 1.29 is 37.3 Å². The molecule has 1 N–H and O–H groups in total. The summed E-state index contributed by atoms with van der Waals surface area (Å²) in [5.74, 6) is -0.522. The lowest BCUT2D eigenvalue weighted by molar-refractivity contribution is -0.870. The summed E-state index contributed by atoms with van der Waals surface area (Å²) in [7, 11) is 1.20. The Morgan fingerprint density at radius 3 is 1.01 bits per heavy atom. The first-order valence-corrected chi connectivity index (χ1v) is 41.1. The van der Waals surface area contributed by atoms with E-state index in [1.165, 1.54) is 289 Å². The molecule has 0 fully saturated rings. The van der Waals surface area contributed by atoms with Crippen LogP contribution in [0.3, 0.4) is 0 Å². The number of unbranched alkanes of at least 4 members (excludes halogenated alkanes) is 49. The molecule has 10 heteroatoms. The molecular weight excluding hydrogens is 1140 g/mol. The Hall–Kier alpha value is -2.29. The number of quaternary nitrogens is 1. The number of nitrogens with one attached hydrogen (secondary N) is 1. The number of carbonyl (C=O) groups excluding carboxylic acids is 2. The van der Waals surface area contributed by atoms with E-state index >= 15 is 0 Å². The molecule has 0 aromatic heterocycles. The lowest BCUT2D eigenvalue weighted by Gasteiger charge is -2.30. The zero-order chi connectivity index (χ0) is 66.3. The van der Waals surface area contributed by atoms with Crippen molar-refractivity contribution in [1.82, 2.24) is 5.32 Å². The van der Waals surface area contributed by atoms with Gasteiger partial charge in [-0.15, -0.1) is 0 Å². The summed E-state index contributed by atoms with van der Waals surface area (Å²) >= 11 is 0. The van der Waals surface area contributed by atoms with Gasteiger partial charge in [-0.3, -0.25) is 14.2 Å². The number of ether oxygens (including phenoxy) is 1. The molecule has 0 aliphatic carbocycles. The minimum atomic E-state index is -4.71. The number of phosphoric acid groups is 1. The average Bonchev–Trinajstić information content (AvgIpc) is 3.08. The first kappa shape index (κ1) is 88.7. The number of nitrogens with zero attached hydrogens (tertiary/aromatic N) is 1. The summed E-state index contributed by atoms with van der Waals surface area (Å²) in [5.41, 5.74) is 0. The number of allylic oxidation sites excluding steroid dienone is 9. The molecule has 0 bridgehead atoms. The van der Waals surface area contributed by atoms with Gasteiger partial charge in [-0.2, -0.15) is 0 Å². The van der Waals surface area contributed by atoms with Crippen molar-refractivity contribution >= 4 is 19.7 Å². The lowest BCUT2D eigenvalue weighted by atomic mass is 10.0. The molecular formula is C81H153N2O7P. The van der Waals surface area contributed by atoms with Gasteiger partial charge in [0.15, 0.2) is 0 Å². The van der Waals surface area contributed by atoms with Gasteiger partial charge < -0.3 is 28.5 Å². The van der Waals surface area contributed by atoms with Crippen molar-refractivity contribution in [1.29, 1.82) is 0 Å². The molecule has 0 aliphatic heterocycles. The van der Waals surface area contributed by atoms with Gasteiger partial charge in [0.05, 0.1) is 33.8 Å². The van der Waals surface area contributed by atoms with Crippen molar-refractivity contribution in [2.75, 3.05) is 40.9 Å². The molecule has 0 radical (unpaired) electrons. The Bertz CT molecular complexity index is 1740. The second-order valence-electron chi connectivity index (χ2n) is 28.2. The predicted molar refractivity (Wildman–Crippen MR) is 395 cm³/mol. The van der Waals surface area contributed by atoms with Gasteiger partial charge in [-0.1, -0.05) is 345 Å². The highest BCUT2D eigenvalue weighted by molar-refractivity contribution is 7.45. The number of rotatable bonds is 73. The third kappa shape index (κ3) is 71.8. The fraction of sp³-hybridized carbons (Fsp3) is 0.852. The Morgan fingerprint density at radius 1 is 0.385 bits per heavy atom. The molecule has 0 saturated carbocycles.